The van der Waals surface area contributed by atoms with Crippen LogP contribution in [0.5, 0.6) is 0 Å². The van der Waals surface area contributed by atoms with Crippen LogP contribution in [0.25, 0.3) is 6.08 Å². The molecule has 3 heterocycles. The second-order valence-corrected chi connectivity index (χ2v) is 8.61. The lowest BCUT2D eigenvalue weighted by Crippen LogP contribution is -2.36. The van der Waals surface area contributed by atoms with E-state index in [9.17, 15) is 24.3 Å². The number of hydroxylamine groups is 2. The van der Waals surface area contributed by atoms with Crippen LogP contribution in [-0.2, 0) is 23.8 Å². The number of ether oxygens (including phenoxy) is 3. The molecular weight excluding hydrogens is 486 g/mol. The van der Waals surface area contributed by atoms with Gasteiger partial charge in [0, 0.05) is 31.2 Å². The van der Waals surface area contributed by atoms with Gasteiger partial charge in [0.2, 0.25) is 0 Å². The fourth-order valence-electron chi connectivity index (χ4n) is 3.08. The lowest BCUT2D eigenvalue weighted by Gasteiger charge is -2.26. The molecule has 2 aromatic rings. The molecule has 198 valence electrons. The highest BCUT2D eigenvalue weighted by atomic mass is 16.8. The van der Waals surface area contributed by atoms with Crippen molar-refractivity contribution in [2.75, 3.05) is 14.2 Å². The lowest BCUT2D eigenvalue weighted by molar-refractivity contribution is -0.207. The number of aldehydes is 1. The predicted molar refractivity (Wildman–Crippen MR) is 129 cm³/mol. The third kappa shape index (κ3) is 8.78. The number of carbonyl (C=O) groups is 4. The molecule has 37 heavy (non-hydrogen) atoms. The number of hydrogen-bond acceptors (Lipinski definition) is 11. The number of rotatable bonds is 5. The van der Waals surface area contributed by atoms with Crippen molar-refractivity contribution in [2.24, 2.45) is 0 Å². The van der Waals surface area contributed by atoms with Gasteiger partial charge in [0.05, 0.1) is 31.4 Å². The maximum absolute atomic E-state index is 12.2. The van der Waals surface area contributed by atoms with Gasteiger partial charge in [-0.1, -0.05) is 6.08 Å². The van der Waals surface area contributed by atoms with Crippen molar-refractivity contribution in [1.29, 1.82) is 0 Å². The molecule has 0 saturated carbocycles. The van der Waals surface area contributed by atoms with Gasteiger partial charge in [-0.05, 0) is 50.1 Å². The van der Waals surface area contributed by atoms with E-state index in [2.05, 4.69) is 19.4 Å². The first-order chi connectivity index (χ1) is 17.5. The normalized spacial score (nSPS) is 17.0. The quantitative estimate of drug-likeness (QED) is 0.270. The Morgan fingerprint density at radius 1 is 1.03 bits per heavy atom. The average molecular weight is 516 g/mol. The first-order valence-corrected chi connectivity index (χ1v) is 11.0. The van der Waals surface area contributed by atoms with Crippen LogP contribution in [0.2, 0.25) is 0 Å². The standard InChI is InChI=1S/C15H20N2O6.C10H9NO3/c1-15(2,3)22-14(20)17-11(6-12(18)23-17)9-5-10(8-16-7-9)13(19)21-4;1-14-10(13)9-5-8(3-2-4-12)6-11-7-9/h5,7-8,11-12,18H,6H2,1-4H3;2-7H,1H3/b;3-2+. The van der Waals surface area contributed by atoms with Gasteiger partial charge in [0.1, 0.15) is 11.9 Å². The molecule has 1 aliphatic rings. The van der Waals surface area contributed by atoms with Gasteiger partial charge < -0.3 is 19.3 Å². The highest BCUT2D eigenvalue weighted by molar-refractivity contribution is 5.90. The molecule has 1 N–H and O–H groups in total. The Labute approximate surface area is 213 Å². The summed E-state index contributed by atoms with van der Waals surface area (Å²) in [6.07, 6.45) is 7.64. The molecule has 0 aromatic carbocycles. The minimum Gasteiger partial charge on any atom is -0.465 e. The minimum atomic E-state index is -1.14. The largest absolute Gasteiger partial charge is 0.465 e. The van der Waals surface area contributed by atoms with Crippen molar-refractivity contribution in [3.05, 3.63) is 65.2 Å². The van der Waals surface area contributed by atoms with Gasteiger partial charge >= 0.3 is 18.0 Å². The van der Waals surface area contributed by atoms with Crippen molar-refractivity contribution in [1.82, 2.24) is 15.0 Å². The molecule has 12 nitrogen and oxygen atoms in total. The summed E-state index contributed by atoms with van der Waals surface area (Å²) in [5, 5.41) is 10.7. The minimum absolute atomic E-state index is 0.144. The Kier molecular flexibility index (Phi) is 10.4. The van der Waals surface area contributed by atoms with Crippen LogP contribution in [0.4, 0.5) is 4.79 Å². The van der Waals surface area contributed by atoms with Crippen LogP contribution in [-0.4, -0.2) is 70.6 Å². The zero-order valence-corrected chi connectivity index (χ0v) is 21.1. The molecule has 2 atom stereocenters. The summed E-state index contributed by atoms with van der Waals surface area (Å²) in [7, 11) is 2.57. The number of amides is 1. The average Bonchev–Trinajstić information content (AvgIpc) is 3.28. The van der Waals surface area contributed by atoms with Crippen molar-refractivity contribution in [2.45, 2.75) is 45.1 Å². The van der Waals surface area contributed by atoms with E-state index in [-0.39, 0.29) is 12.0 Å². The summed E-state index contributed by atoms with van der Waals surface area (Å²) >= 11 is 0. The fraction of sp³-hybridized carbons (Fsp3) is 0.360. The van der Waals surface area contributed by atoms with Crippen LogP contribution < -0.4 is 0 Å². The van der Waals surface area contributed by atoms with E-state index in [4.69, 9.17) is 9.57 Å². The summed E-state index contributed by atoms with van der Waals surface area (Å²) in [6.45, 7) is 5.18. The maximum atomic E-state index is 12.2. The Hall–Kier alpha value is -4.16. The smallest absolute Gasteiger partial charge is 0.435 e. The highest BCUT2D eigenvalue weighted by Crippen LogP contribution is 2.34. The molecule has 1 fully saturated rings. The number of aliphatic hydroxyl groups is 1. The number of methoxy groups -OCH3 is 2. The van der Waals surface area contributed by atoms with Gasteiger partial charge in [-0.2, -0.15) is 5.06 Å². The number of aliphatic hydroxyl groups excluding tert-OH is 1. The van der Waals surface area contributed by atoms with E-state index in [1.54, 1.807) is 45.2 Å². The summed E-state index contributed by atoms with van der Waals surface area (Å²) in [5.74, 6) is -0.985. The number of carbonyl (C=O) groups excluding carboxylic acids is 4. The Balaban J connectivity index is 0.000000294. The number of aromatic nitrogens is 2. The van der Waals surface area contributed by atoms with Crippen LogP contribution in [0.1, 0.15) is 65.1 Å². The van der Waals surface area contributed by atoms with Gasteiger partial charge in [-0.15, -0.1) is 0 Å². The summed E-state index contributed by atoms with van der Waals surface area (Å²) in [5.41, 5.74) is 1.12. The second kappa shape index (κ2) is 13.2. The van der Waals surface area contributed by atoms with E-state index < -0.39 is 36.0 Å². The Bertz CT molecular complexity index is 1140. The number of hydrogen-bond donors (Lipinski definition) is 1. The zero-order valence-electron chi connectivity index (χ0n) is 21.1. The third-order valence-electron chi connectivity index (χ3n) is 4.63. The first kappa shape index (κ1) is 29.1. The number of pyridine rings is 2. The van der Waals surface area contributed by atoms with Gasteiger partial charge in [-0.25, -0.2) is 19.2 Å². The van der Waals surface area contributed by atoms with Crippen LogP contribution in [0, 0.1) is 0 Å². The molecule has 1 amide bonds. The van der Waals surface area contributed by atoms with Crippen molar-refractivity contribution in [3.63, 3.8) is 0 Å². The molecule has 12 heteroatoms. The lowest BCUT2D eigenvalue weighted by atomic mass is 10.0. The fourth-order valence-corrected chi connectivity index (χ4v) is 3.08. The monoisotopic (exact) mass is 515 g/mol. The van der Waals surface area contributed by atoms with Crippen molar-refractivity contribution < 1.29 is 43.3 Å². The molecule has 0 spiro atoms. The highest BCUT2D eigenvalue weighted by Gasteiger charge is 2.40. The number of allylic oxidation sites excluding steroid dienone is 1. The molecule has 1 saturated heterocycles. The van der Waals surface area contributed by atoms with E-state index >= 15 is 0 Å². The second-order valence-electron chi connectivity index (χ2n) is 8.61. The summed E-state index contributed by atoms with van der Waals surface area (Å²) in [6, 6.07) is 2.53. The molecule has 0 aliphatic carbocycles. The molecule has 3 rings (SSSR count). The maximum Gasteiger partial charge on any atom is 0.435 e. The van der Waals surface area contributed by atoms with Crippen LogP contribution in [0.15, 0.2) is 43.0 Å². The summed E-state index contributed by atoms with van der Waals surface area (Å²) < 4.78 is 14.4. The third-order valence-corrected chi connectivity index (χ3v) is 4.63. The number of esters is 2. The SMILES string of the molecule is COC(=O)c1cncc(/C=C/C=O)c1.COC(=O)c1cncc(C2CC(O)ON2C(=O)OC(C)(C)C)c1. The molecule has 2 unspecified atom stereocenters. The Morgan fingerprint density at radius 3 is 2.19 bits per heavy atom. The molecule has 1 aliphatic heterocycles. The van der Waals surface area contributed by atoms with Crippen molar-refractivity contribution in [3.8, 4) is 0 Å². The molecular formula is C25H29N3O9. The number of nitrogens with zero attached hydrogens (tertiary/aromatic N) is 3. The summed E-state index contributed by atoms with van der Waals surface area (Å²) in [4.78, 5) is 57.9. The van der Waals surface area contributed by atoms with Crippen LogP contribution >= 0.6 is 0 Å². The molecule has 0 radical (unpaired) electrons. The molecule has 2 aromatic heterocycles. The predicted octanol–water partition coefficient (Wildman–Crippen LogP) is 2.88. The Morgan fingerprint density at radius 2 is 1.62 bits per heavy atom. The van der Waals surface area contributed by atoms with Crippen molar-refractivity contribution >= 4 is 30.4 Å². The molecule has 0 bridgehead atoms. The van der Waals surface area contributed by atoms with E-state index in [1.807, 2.05) is 0 Å². The zero-order chi connectivity index (χ0) is 27.6. The van der Waals surface area contributed by atoms with E-state index in [1.165, 1.54) is 38.9 Å². The van der Waals surface area contributed by atoms with Gasteiger partial charge in [0.15, 0.2) is 6.29 Å². The first-order valence-electron chi connectivity index (χ1n) is 11.0. The van der Waals surface area contributed by atoms with E-state index in [0.29, 0.717) is 23.0 Å². The topological polar surface area (TPSA) is 154 Å². The van der Waals surface area contributed by atoms with Crippen LogP contribution in [0.3, 0.4) is 0 Å². The van der Waals surface area contributed by atoms with Gasteiger partial charge in [-0.3, -0.25) is 14.8 Å². The van der Waals surface area contributed by atoms with Gasteiger partial charge in [0.25, 0.3) is 0 Å². The van der Waals surface area contributed by atoms with E-state index in [0.717, 1.165) is 5.06 Å².